The van der Waals surface area contributed by atoms with Gasteiger partial charge in [-0.25, -0.2) is 0 Å². The zero-order chi connectivity index (χ0) is 21.6. The van der Waals surface area contributed by atoms with E-state index in [4.69, 9.17) is 0 Å². The largest absolute Gasteiger partial charge is 0.131 e. The lowest BCUT2D eigenvalue weighted by atomic mass is 9.77. The van der Waals surface area contributed by atoms with Crippen LogP contribution in [-0.2, 0) is 0 Å². The summed E-state index contributed by atoms with van der Waals surface area (Å²) in [7, 11) is 3.39. The van der Waals surface area contributed by atoms with Gasteiger partial charge in [0.1, 0.15) is 0 Å². The maximum absolute atomic E-state index is 3.39. The minimum atomic E-state index is 0. The first-order valence-corrected chi connectivity index (χ1v) is 14.5. The van der Waals surface area contributed by atoms with Crippen LogP contribution in [0, 0.1) is 5.92 Å². The number of hydrogen-bond acceptors (Lipinski definition) is 0. The highest BCUT2D eigenvalue weighted by Crippen LogP contribution is 2.43. The molecule has 0 aliphatic heterocycles. The minimum absolute atomic E-state index is 0. The van der Waals surface area contributed by atoms with Crippen molar-refractivity contribution in [2.45, 2.75) is 174 Å². The molecule has 0 aromatic rings. The Balaban J connectivity index is 0. The lowest BCUT2D eigenvalue weighted by Gasteiger charge is -2.39. The Hall–Kier alpha value is 0.910. The second-order valence-electron chi connectivity index (χ2n) is 9.96. The van der Waals surface area contributed by atoms with Gasteiger partial charge in [0.2, 0.25) is 0 Å². The van der Waals surface area contributed by atoms with Gasteiger partial charge >= 0.3 is 0 Å². The van der Waals surface area contributed by atoms with Gasteiger partial charge in [0.15, 0.2) is 0 Å². The summed E-state index contributed by atoms with van der Waals surface area (Å²) in [5.41, 5.74) is 0. The molecule has 0 fully saturated rings. The van der Waals surface area contributed by atoms with Gasteiger partial charge in [-0.05, 0) is 36.8 Å². The van der Waals surface area contributed by atoms with Gasteiger partial charge in [-0.1, -0.05) is 143 Å². The molecule has 0 rings (SSSR count). The van der Waals surface area contributed by atoms with Crippen LogP contribution in [0.2, 0.25) is 0 Å². The van der Waals surface area contributed by atoms with Gasteiger partial charge < -0.3 is 0 Å². The maximum Gasteiger partial charge on any atom is -0.0122 e. The third-order valence-corrected chi connectivity index (χ3v) is 8.17. The Morgan fingerprint density at radius 3 is 1.20 bits per heavy atom. The van der Waals surface area contributed by atoms with Crippen molar-refractivity contribution in [1.29, 1.82) is 0 Å². The quantitative estimate of drug-likeness (QED) is 0.0953. The Morgan fingerprint density at radius 2 is 0.800 bits per heavy atom. The van der Waals surface area contributed by atoms with Crippen molar-refractivity contribution in [3.05, 3.63) is 0 Å². The molecular weight excluding hydrogens is 447 g/mol. The highest BCUT2D eigenvalue weighted by atomic mass is 79.9. The number of rotatable bonds is 23. The van der Waals surface area contributed by atoms with Crippen LogP contribution < -0.4 is 0 Å². The molecule has 0 saturated carbocycles. The SMILES string of the molecule is Br.CCCCCCCCCCCCCCC(CCCC)C(P)(CCCC)CCCC. The van der Waals surface area contributed by atoms with E-state index in [1.165, 1.54) is 141 Å². The second-order valence-corrected chi connectivity index (χ2v) is 11.1. The van der Waals surface area contributed by atoms with E-state index in [2.05, 4.69) is 36.9 Å². The molecule has 0 bridgehead atoms. The summed E-state index contributed by atoms with van der Waals surface area (Å²) in [5, 5.41) is 0.527. The van der Waals surface area contributed by atoms with Crippen LogP contribution in [-0.4, -0.2) is 5.16 Å². The average Bonchev–Trinajstić information content (AvgIpc) is 2.73. The van der Waals surface area contributed by atoms with Crippen molar-refractivity contribution in [2.24, 2.45) is 5.92 Å². The van der Waals surface area contributed by atoms with Crippen molar-refractivity contribution in [3.8, 4) is 0 Å². The highest BCUT2D eigenvalue weighted by molar-refractivity contribution is 8.93. The lowest BCUT2D eigenvalue weighted by molar-refractivity contribution is 0.274. The van der Waals surface area contributed by atoms with Gasteiger partial charge in [-0.15, -0.1) is 26.2 Å². The first-order chi connectivity index (χ1) is 14.1. The monoisotopic (exact) mass is 506 g/mol. The third-order valence-electron chi connectivity index (χ3n) is 7.12. The molecule has 184 valence electrons. The van der Waals surface area contributed by atoms with Gasteiger partial charge in [0.25, 0.3) is 0 Å². The average molecular weight is 508 g/mol. The molecule has 0 aromatic carbocycles. The Labute approximate surface area is 205 Å². The Morgan fingerprint density at radius 1 is 0.467 bits per heavy atom. The molecule has 30 heavy (non-hydrogen) atoms. The van der Waals surface area contributed by atoms with Crippen LogP contribution in [0.4, 0.5) is 0 Å². The standard InChI is InChI=1S/C28H59P.BrH/c1-5-9-13-14-15-16-17-18-19-20-21-22-24-27(23-10-6-2)28(29,25-11-7-3)26-12-8-4;/h27H,5-26,29H2,1-4H3;1H. The van der Waals surface area contributed by atoms with Crippen LogP contribution in [0.1, 0.15) is 169 Å². The van der Waals surface area contributed by atoms with E-state index in [1.807, 2.05) is 0 Å². The summed E-state index contributed by atoms with van der Waals surface area (Å²) < 4.78 is 0. The van der Waals surface area contributed by atoms with Gasteiger partial charge in [0.05, 0.1) is 0 Å². The topological polar surface area (TPSA) is 0 Å². The summed E-state index contributed by atoms with van der Waals surface area (Å²) in [6, 6.07) is 0. The molecule has 0 N–H and O–H groups in total. The fourth-order valence-electron chi connectivity index (χ4n) is 4.95. The molecule has 0 heterocycles. The predicted octanol–water partition coefficient (Wildman–Crippen LogP) is 11.5. The van der Waals surface area contributed by atoms with Gasteiger partial charge in [0, 0.05) is 0 Å². The predicted molar refractivity (Wildman–Crippen MR) is 151 cm³/mol. The highest BCUT2D eigenvalue weighted by Gasteiger charge is 2.32. The molecular formula is C28H60BrP. The fraction of sp³-hybridized carbons (Fsp3) is 1.00. The van der Waals surface area contributed by atoms with Crippen LogP contribution >= 0.6 is 26.2 Å². The molecule has 0 nitrogen and oxygen atoms in total. The van der Waals surface area contributed by atoms with Crippen molar-refractivity contribution >= 4 is 26.2 Å². The van der Waals surface area contributed by atoms with Crippen LogP contribution in [0.3, 0.4) is 0 Å². The lowest BCUT2D eigenvalue weighted by Crippen LogP contribution is -2.32. The summed E-state index contributed by atoms with van der Waals surface area (Å²) >= 11 is 0. The first-order valence-electron chi connectivity index (χ1n) is 13.9. The molecule has 2 unspecified atom stereocenters. The molecule has 0 amide bonds. The minimum Gasteiger partial charge on any atom is -0.131 e. The van der Waals surface area contributed by atoms with Gasteiger partial charge in [-0.3, -0.25) is 0 Å². The van der Waals surface area contributed by atoms with Crippen LogP contribution in [0.25, 0.3) is 0 Å². The zero-order valence-corrected chi connectivity index (χ0v) is 24.5. The van der Waals surface area contributed by atoms with Crippen LogP contribution in [0.15, 0.2) is 0 Å². The van der Waals surface area contributed by atoms with E-state index in [1.54, 1.807) is 0 Å². The Kier molecular flexibility index (Phi) is 27.1. The van der Waals surface area contributed by atoms with Gasteiger partial charge in [-0.2, -0.15) is 0 Å². The molecule has 0 saturated heterocycles. The van der Waals surface area contributed by atoms with Crippen molar-refractivity contribution in [2.75, 3.05) is 0 Å². The summed E-state index contributed by atoms with van der Waals surface area (Å²) in [6.07, 6.45) is 31.7. The van der Waals surface area contributed by atoms with E-state index in [0.717, 1.165) is 5.92 Å². The van der Waals surface area contributed by atoms with E-state index in [-0.39, 0.29) is 17.0 Å². The summed E-state index contributed by atoms with van der Waals surface area (Å²) in [4.78, 5) is 0. The summed E-state index contributed by atoms with van der Waals surface area (Å²) in [5.74, 6) is 0.939. The third kappa shape index (κ3) is 18.5. The maximum atomic E-state index is 3.39. The van der Waals surface area contributed by atoms with E-state index >= 15 is 0 Å². The Bertz CT molecular complexity index is 310. The fourth-order valence-corrected chi connectivity index (χ4v) is 5.69. The van der Waals surface area contributed by atoms with E-state index in [0.29, 0.717) is 5.16 Å². The van der Waals surface area contributed by atoms with Crippen molar-refractivity contribution < 1.29 is 0 Å². The van der Waals surface area contributed by atoms with Crippen LogP contribution in [0.5, 0.6) is 0 Å². The molecule has 2 heteroatoms. The van der Waals surface area contributed by atoms with Crippen molar-refractivity contribution in [3.63, 3.8) is 0 Å². The molecule has 0 aliphatic carbocycles. The first kappa shape index (κ1) is 33.1. The molecule has 2 atom stereocenters. The molecule has 0 aliphatic rings. The number of halogens is 1. The smallest absolute Gasteiger partial charge is 0.0122 e. The number of unbranched alkanes of at least 4 members (excludes halogenated alkanes) is 14. The molecule has 0 spiro atoms. The molecule has 0 radical (unpaired) electrons. The van der Waals surface area contributed by atoms with E-state index < -0.39 is 0 Å². The summed E-state index contributed by atoms with van der Waals surface area (Å²) in [6.45, 7) is 9.39. The normalized spacial score (nSPS) is 12.7. The zero-order valence-electron chi connectivity index (χ0n) is 21.6. The molecule has 0 aromatic heterocycles. The number of hydrogen-bond donors (Lipinski definition) is 0. The second kappa shape index (κ2) is 24.6. The van der Waals surface area contributed by atoms with E-state index in [9.17, 15) is 0 Å². The van der Waals surface area contributed by atoms with Crippen molar-refractivity contribution in [1.82, 2.24) is 0 Å².